The molecule has 1 aliphatic rings. The van der Waals surface area contributed by atoms with Gasteiger partial charge in [0.2, 0.25) is 5.91 Å². The Labute approximate surface area is 169 Å². The van der Waals surface area contributed by atoms with E-state index in [4.69, 9.17) is 9.72 Å². The van der Waals surface area contributed by atoms with E-state index in [9.17, 15) is 4.79 Å². The number of likely N-dealkylation sites (tertiary alicyclic amines) is 1. The molecule has 4 rings (SSSR count). The summed E-state index contributed by atoms with van der Waals surface area (Å²) in [5, 5.41) is 2.98. The maximum atomic E-state index is 13.0. The Morgan fingerprint density at radius 3 is 2.93 bits per heavy atom. The highest BCUT2D eigenvalue weighted by atomic mass is 32.1. The number of carbonyl (C=O) groups excluding carboxylic acids is 1. The summed E-state index contributed by atoms with van der Waals surface area (Å²) in [6, 6.07) is 16.5. The van der Waals surface area contributed by atoms with Gasteiger partial charge in [0.1, 0.15) is 10.8 Å². The zero-order chi connectivity index (χ0) is 19.5. The molecule has 0 aliphatic carbocycles. The second-order valence-electron chi connectivity index (χ2n) is 7.21. The molecule has 0 bridgehead atoms. The normalized spacial score (nSPS) is 16.4. The van der Waals surface area contributed by atoms with Crippen LogP contribution in [0.25, 0.3) is 10.6 Å². The van der Waals surface area contributed by atoms with Gasteiger partial charge in [-0.15, -0.1) is 11.3 Å². The van der Waals surface area contributed by atoms with E-state index >= 15 is 0 Å². The van der Waals surface area contributed by atoms with E-state index in [1.807, 2.05) is 34.5 Å². The van der Waals surface area contributed by atoms with Crippen molar-refractivity contribution in [2.75, 3.05) is 13.7 Å². The Hall–Kier alpha value is -2.66. The van der Waals surface area contributed by atoms with Gasteiger partial charge < -0.3 is 9.64 Å². The van der Waals surface area contributed by atoms with Crippen molar-refractivity contribution in [1.29, 1.82) is 0 Å². The minimum atomic E-state index is 0.123. The summed E-state index contributed by atoms with van der Waals surface area (Å²) >= 11 is 1.60. The standard InChI is InChI=1S/C23H24N2O2S/c1-16-6-3-8-18(12-16)23-24-19(15-28-23)14-22(26)25-11-5-10-21(25)17-7-4-9-20(13-17)27-2/h3-4,6-9,12-13,15,21H,5,10-11,14H2,1-2H3. The molecule has 3 aromatic rings. The first-order chi connectivity index (χ1) is 13.6. The summed E-state index contributed by atoms with van der Waals surface area (Å²) in [5.74, 6) is 0.977. The van der Waals surface area contributed by atoms with Crippen molar-refractivity contribution in [2.45, 2.75) is 32.2 Å². The molecule has 2 heterocycles. The minimum absolute atomic E-state index is 0.123. The monoisotopic (exact) mass is 392 g/mol. The molecule has 1 saturated heterocycles. The molecule has 1 fully saturated rings. The maximum Gasteiger partial charge on any atom is 0.229 e. The first-order valence-electron chi connectivity index (χ1n) is 9.59. The number of methoxy groups -OCH3 is 1. The Kier molecular flexibility index (Phi) is 5.44. The third-order valence-corrected chi connectivity index (χ3v) is 6.14. The second kappa shape index (κ2) is 8.15. The largest absolute Gasteiger partial charge is 0.497 e. The molecule has 4 nitrogen and oxygen atoms in total. The van der Waals surface area contributed by atoms with E-state index in [1.165, 1.54) is 5.56 Å². The molecule has 144 valence electrons. The van der Waals surface area contributed by atoms with Gasteiger partial charge >= 0.3 is 0 Å². The number of rotatable bonds is 5. The highest BCUT2D eigenvalue weighted by molar-refractivity contribution is 7.13. The van der Waals surface area contributed by atoms with Gasteiger partial charge in [-0.3, -0.25) is 4.79 Å². The van der Waals surface area contributed by atoms with E-state index < -0.39 is 0 Å². The van der Waals surface area contributed by atoms with Crippen LogP contribution in [0.2, 0.25) is 0 Å². The molecule has 0 saturated carbocycles. The molecule has 0 spiro atoms. The molecule has 1 aliphatic heterocycles. The molecule has 1 atom stereocenters. The predicted octanol–water partition coefficient (Wildman–Crippen LogP) is 5.03. The summed E-state index contributed by atoms with van der Waals surface area (Å²) in [4.78, 5) is 19.7. The van der Waals surface area contributed by atoms with Crippen LogP contribution in [-0.2, 0) is 11.2 Å². The summed E-state index contributed by atoms with van der Waals surface area (Å²) in [6.45, 7) is 2.88. The summed E-state index contributed by atoms with van der Waals surface area (Å²) < 4.78 is 5.35. The average Bonchev–Trinajstić information content (AvgIpc) is 3.38. The lowest BCUT2D eigenvalue weighted by molar-refractivity contribution is -0.131. The summed E-state index contributed by atoms with van der Waals surface area (Å²) in [7, 11) is 1.67. The van der Waals surface area contributed by atoms with Crippen molar-refractivity contribution in [2.24, 2.45) is 0 Å². The van der Waals surface area contributed by atoms with Crippen LogP contribution in [0.15, 0.2) is 53.9 Å². The van der Waals surface area contributed by atoms with Crippen molar-refractivity contribution in [3.8, 4) is 16.3 Å². The van der Waals surface area contributed by atoms with Crippen molar-refractivity contribution >= 4 is 17.2 Å². The quantitative estimate of drug-likeness (QED) is 0.611. The van der Waals surface area contributed by atoms with Crippen molar-refractivity contribution < 1.29 is 9.53 Å². The van der Waals surface area contributed by atoms with Gasteiger partial charge in [0.05, 0.1) is 25.3 Å². The lowest BCUT2D eigenvalue weighted by atomic mass is 10.0. The summed E-state index contributed by atoms with van der Waals surface area (Å²) in [5.41, 5.74) is 4.31. The zero-order valence-corrected chi connectivity index (χ0v) is 17.0. The van der Waals surface area contributed by atoms with Crippen LogP contribution in [0.4, 0.5) is 0 Å². The van der Waals surface area contributed by atoms with Crippen LogP contribution >= 0.6 is 11.3 Å². The second-order valence-corrected chi connectivity index (χ2v) is 8.07. The third kappa shape index (κ3) is 3.94. The van der Waals surface area contributed by atoms with Crippen LogP contribution in [0.3, 0.4) is 0 Å². The highest BCUT2D eigenvalue weighted by Crippen LogP contribution is 2.34. The summed E-state index contributed by atoms with van der Waals surface area (Å²) in [6.07, 6.45) is 2.37. The fraction of sp³-hybridized carbons (Fsp3) is 0.304. The third-order valence-electron chi connectivity index (χ3n) is 5.20. The van der Waals surface area contributed by atoms with Gasteiger partial charge in [0, 0.05) is 17.5 Å². The molecule has 0 N–H and O–H groups in total. The van der Waals surface area contributed by atoms with Crippen LogP contribution in [0.5, 0.6) is 5.75 Å². The zero-order valence-electron chi connectivity index (χ0n) is 16.2. The number of nitrogens with zero attached hydrogens (tertiary/aromatic N) is 2. The first kappa shape index (κ1) is 18.7. The number of ether oxygens (including phenoxy) is 1. The fourth-order valence-electron chi connectivity index (χ4n) is 3.82. The number of carbonyl (C=O) groups is 1. The first-order valence-corrected chi connectivity index (χ1v) is 10.5. The lowest BCUT2D eigenvalue weighted by Gasteiger charge is -2.25. The molecule has 1 aromatic heterocycles. The maximum absolute atomic E-state index is 13.0. The van der Waals surface area contributed by atoms with Crippen LogP contribution in [0.1, 0.15) is 35.7 Å². The molecule has 28 heavy (non-hydrogen) atoms. The average molecular weight is 393 g/mol. The van der Waals surface area contributed by atoms with E-state index in [1.54, 1.807) is 18.4 Å². The number of hydrogen-bond donors (Lipinski definition) is 0. The molecule has 2 aromatic carbocycles. The molecule has 1 unspecified atom stereocenters. The lowest BCUT2D eigenvalue weighted by Crippen LogP contribution is -2.31. The fourth-order valence-corrected chi connectivity index (χ4v) is 4.63. The van der Waals surface area contributed by atoms with Crippen LogP contribution in [0, 0.1) is 6.92 Å². The smallest absolute Gasteiger partial charge is 0.229 e. The van der Waals surface area contributed by atoms with Gasteiger partial charge in [-0.05, 0) is 43.5 Å². The Morgan fingerprint density at radius 1 is 1.25 bits per heavy atom. The molecular weight excluding hydrogens is 368 g/mol. The Balaban J connectivity index is 1.48. The number of amides is 1. The Morgan fingerprint density at radius 2 is 2.11 bits per heavy atom. The van der Waals surface area contributed by atoms with E-state index in [0.29, 0.717) is 6.42 Å². The molecule has 5 heteroatoms. The molecule has 1 amide bonds. The highest BCUT2D eigenvalue weighted by Gasteiger charge is 2.30. The van der Waals surface area contributed by atoms with Crippen LogP contribution < -0.4 is 4.74 Å². The molecule has 0 radical (unpaired) electrons. The Bertz CT molecular complexity index is 982. The number of benzene rings is 2. The van der Waals surface area contributed by atoms with Gasteiger partial charge in [0.15, 0.2) is 0 Å². The van der Waals surface area contributed by atoms with Gasteiger partial charge in [-0.1, -0.05) is 35.9 Å². The topological polar surface area (TPSA) is 42.4 Å². The number of aryl methyl sites for hydroxylation is 1. The van der Waals surface area contributed by atoms with E-state index in [2.05, 4.69) is 31.2 Å². The van der Waals surface area contributed by atoms with Crippen molar-refractivity contribution in [1.82, 2.24) is 9.88 Å². The van der Waals surface area contributed by atoms with Crippen molar-refractivity contribution in [3.05, 3.63) is 70.7 Å². The van der Waals surface area contributed by atoms with Crippen LogP contribution in [-0.4, -0.2) is 29.4 Å². The van der Waals surface area contributed by atoms with Gasteiger partial charge in [-0.2, -0.15) is 0 Å². The molecular formula is C23H24N2O2S. The SMILES string of the molecule is COc1cccc(C2CCCN2C(=O)Cc2csc(-c3cccc(C)c3)n2)c1. The number of thiazole rings is 1. The van der Waals surface area contributed by atoms with Crippen molar-refractivity contribution in [3.63, 3.8) is 0 Å². The van der Waals surface area contributed by atoms with Gasteiger partial charge in [0.25, 0.3) is 0 Å². The number of aromatic nitrogens is 1. The minimum Gasteiger partial charge on any atom is -0.497 e. The van der Waals surface area contributed by atoms with E-state index in [0.717, 1.165) is 47.0 Å². The van der Waals surface area contributed by atoms with Gasteiger partial charge in [-0.25, -0.2) is 4.98 Å². The van der Waals surface area contributed by atoms with E-state index in [-0.39, 0.29) is 11.9 Å². The number of hydrogen-bond acceptors (Lipinski definition) is 4. The predicted molar refractivity (Wildman–Crippen MR) is 113 cm³/mol.